The summed E-state index contributed by atoms with van der Waals surface area (Å²) < 4.78 is 0. The number of rotatable bonds is 6. The first-order valence-corrected chi connectivity index (χ1v) is 11.6. The van der Waals surface area contributed by atoms with Crippen LogP contribution in [0.1, 0.15) is 18.1 Å². The lowest BCUT2D eigenvalue weighted by Gasteiger charge is -2.05. The number of H-pyrrole nitrogens is 2. The topological polar surface area (TPSA) is 108 Å². The van der Waals surface area contributed by atoms with Crippen molar-refractivity contribution in [1.82, 2.24) is 40.4 Å². The Morgan fingerprint density at radius 1 is 0.971 bits per heavy atom. The molecule has 5 aromatic heterocycles. The van der Waals surface area contributed by atoms with Gasteiger partial charge in [0, 0.05) is 36.3 Å². The highest BCUT2D eigenvalue weighted by molar-refractivity contribution is 5.95. The van der Waals surface area contributed by atoms with Gasteiger partial charge in [0.05, 0.1) is 16.7 Å². The monoisotopic (exact) mass is 460 g/mol. The molecule has 0 aliphatic heterocycles. The molecule has 35 heavy (non-hydrogen) atoms. The van der Waals surface area contributed by atoms with Gasteiger partial charge in [-0.1, -0.05) is 36.8 Å². The molecule has 0 aliphatic rings. The summed E-state index contributed by atoms with van der Waals surface area (Å²) in [7, 11) is 0. The average Bonchev–Trinajstić information content (AvgIpc) is 3.51. The number of aryl methyl sites for hydroxylation is 1. The minimum absolute atomic E-state index is 0.627. The van der Waals surface area contributed by atoms with E-state index >= 15 is 0 Å². The quantitative estimate of drug-likeness (QED) is 0.321. The van der Waals surface area contributed by atoms with E-state index in [1.54, 1.807) is 6.20 Å². The fourth-order valence-electron chi connectivity index (χ4n) is 4.29. The van der Waals surface area contributed by atoms with Gasteiger partial charge in [-0.2, -0.15) is 5.10 Å². The third kappa shape index (κ3) is 3.94. The number of aromatic nitrogens is 7. The Bertz CT molecular complexity index is 1660. The van der Waals surface area contributed by atoms with Gasteiger partial charge in [0.1, 0.15) is 5.52 Å². The van der Waals surface area contributed by atoms with Crippen molar-refractivity contribution in [1.29, 1.82) is 0 Å². The maximum atomic E-state index is 4.93. The first kappa shape index (κ1) is 21.1. The van der Waals surface area contributed by atoms with Crippen LogP contribution in [0.5, 0.6) is 0 Å². The van der Waals surface area contributed by atoms with E-state index in [0.717, 1.165) is 57.6 Å². The minimum atomic E-state index is 0.627. The van der Waals surface area contributed by atoms with E-state index in [4.69, 9.17) is 9.97 Å². The number of hydrogen-bond acceptors (Lipinski definition) is 6. The number of nitrogens with one attached hydrogen (secondary N) is 3. The predicted molar refractivity (Wildman–Crippen MR) is 138 cm³/mol. The molecule has 8 heteroatoms. The van der Waals surface area contributed by atoms with Gasteiger partial charge >= 0.3 is 0 Å². The summed E-state index contributed by atoms with van der Waals surface area (Å²) in [4.78, 5) is 22.0. The van der Waals surface area contributed by atoms with E-state index in [1.165, 1.54) is 5.56 Å². The summed E-state index contributed by atoms with van der Waals surface area (Å²) in [6.07, 6.45) is 5.50. The molecule has 0 amide bonds. The lowest BCUT2D eigenvalue weighted by atomic mass is 10.0. The highest BCUT2D eigenvalue weighted by Crippen LogP contribution is 2.31. The largest absolute Gasteiger partial charge is 0.335 e. The molecule has 0 saturated carbocycles. The Labute approximate surface area is 201 Å². The molecular formula is C27H24N8. The van der Waals surface area contributed by atoms with Crippen molar-refractivity contribution in [2.45, 2.75) is 20.4 Å². The average molecular weight is 461 g/mol. The number of aromatic amines is 2. The van der Waals surface area contributed by atoms with Gasteiger partial charge in [-0.3, -0.25) is 10.1 Å². The van der Waals surface area contributed by atoms with Crippen LogP contribution in [0, 0.1) is 6.92 Å². The van der Waals surface area contributed by atoms with Gasteiger partial charge in [-0.05, 0) is 48.9 Å². The van der Waals surface area contributed by atoms with Crippen molar-refractivity contribution in [3.63, 3.8) is 0 Å². The molecule has 0 bridgehead atoms. The van der Waals surface area contributed by atoms with Gasteiger partial charge in [0.25, 0.3) is 0 Å². The number of hydrogen-bond donors (Lipinski definition) is 3. The Morgan fingerprint density at radius 3 is 2.80 bits per heavy atom. The summed E-state index contributed by atoms with van der Waals surface area (Å²) >= 11 is 0. The molecule has 0 unspecified atom stereocenters. The highest BCUT2D eigenvalue weighted by Gasteiger charge is 2.17. The predicted octanol–water partition coefficient (Wildman–Crippen LogP) is 5.04. The molecule has 6 aromatic rings. The van der Waals surface area contributed by atoms with Crippen LogP contribution < -0.4 is 5.32 Å². The molecule has 0 fully saturated rings. The van der Waals surface area contributed by atoms with E-state index in [2.05, 4.69) is 74.6 Å². The standard InChI is InChI=1S/C27H24N8/c1-3-28-13-17-12-19(15-29-14-17)21-7-8-22-24(31-21)25(35-34-22)27-32-23-20(9-10-30-26(23)33-27)18-6-4-5-16(2)11-18/h4-12,14-15,28H,3,13H2,1-2H3,(H,34,35)(H,30,32,33). The number of fused-ring (bicyclic) bond motifs is 2. The van der Waals surface area contributed by atoms with Crippen LogP contribution in [0.25, 0.3) is 56.1 Å². The lowest BCUT2D eigenvalue weighted by molar-refractivity contribution is 0.724. The number of nitrogens with zero attached hydrogens (tertiary/aromatic N) is 5. The second-order valence-corrected chi connectivity index (χ2v) is 8.54. The van der Waals surface area contributed by atoms with Gasteiger partial charge in [0.2, 0.25) is 0 Å². The van der Waals surface area contributed by atoms with E-state index < -0.39 is 0 Å². The van der Waals surface area contributed by atoms with Crippen LogP contribution in [0.4, 0.5) is 0 Å². The molecule has 3 N–H and O–H groups in total. The van der Waals surface area contributed by atoms with Gasteiger partial charge in [0.15, 0.2) is 17.2 Å². The lowest BCUT2D eigenvalue weighted by Crippen LogP contribution is -2.11. The second-order valence-electron chi connectivity index (χ2n) is 8.54. The first-order chi connectivity index (χ1) is 17.2. The van der Waals surface area contributed by atoms with E-state index in [-0.39, 0.29) is 0 Å². The van der Waals surface area contributed by atoms with Crippen LogP contribution in [-0.2, 0) is 6.54 Å². The minimum Gasteiger partial charge on any atom is -0.335 e. The molecule has 0 saturated heterocycles. The molecule has 6 rings (SSSR count). The zero-order valence-electron chi connectivity index (χ0n) is 19.5. The summed E-state index contributed by atoms with van der Waals surface area (Å²) in [5.41, 5.74) is 10.0. The van der Waals surface area contributed by atoms with Gasteiger partial charge < -0.3 is 10.3 Å². The van der Waals surface area contributed by atoms with Crippen LogP contribution in [0.3, 0.4) is 0 Å². The Hall–Kier alpha value is -4.43. The number of benzene rings is 1. The molecule has 5 heterocycles. The second kappa shape index (κ2) is 8.73. The molecule has 0 spiro atoms. The van der Waals surface area contributed by atoms with Crippen molar-refractivity contribution < 1.29 is 0 Å². The zero-order valence-corrected chi connectivity index (χ0v) is 19.5. The summed E-state index contributed by atoms with van der Waals surface area (Å²) in [6, 6.07) is 16.5. The summed E-state index contributed by atoms with van der Waals surface area (Å²) in [5.74, 6) is 0.627. The molecule has 1 aromatic carbocycles. The molecule has 8 nitrogen and oxygen atoms in total. The van der Waals surface area contributed by atoms with E-state index in [1.807, 2.05) is 30.6 Å². The van der Waals surface area contributed by atoms with Gasteiger partial charge in [-0.25, -0.2) is 15.0 Å². The zero-order chi connectivity index (χ0) is 23.8. The third-order valence-electron chi connectivity index (χ3n) is 6.02. The van der Waals surface area contributed by atoms with Crippen molar-refractivity contribution in [2.75, 3.05) is 6.54 Å². The van der Waals surface area contributed by atoms with Crippen LogP contribution in [-0.4, -0.2) is 41.7 Å². The van der Waals surface area contributed by atoms with Crippen molar-refractivity contribution in [2.24, 2.45) is 0 Å². The van der Waals surface area contributed by atoms with Crippen molar-refractivity contribution >= 4 is 22.2 Å². The van der Waals surface area contributed by atoms with Crippen LogP contribution >= 0.6 is 0 Å². The van der Waals surface area contributed by atoms with Gasteiger partial charge in [-0.15, -0.1) is 0 Å². The maximum Gasteiger partial charge on any atom is 0.178 e. The first-order valence-electron chi connectivity index (χ1n) is 11.6. The molecule has 0 aliphatic carbocycles. The van der Waals surface area contributed by atoms with Crippen LogP contribution in [0.2, 0.25) is 0 Å². The Morgan fingerprint density at radius 2 is 1.91 bits per heavy atom. The molecule has 0 atom stereocenters. The van der Waals surface area contributed by atoms with Crippen molar-refractivity contribution in [3.8, 4) is 33.9 Å². The fraction of sp³-hybridized carbons (Fsp3) is 0.148. The molecule has 0 radical (unpaired) electrons. The van der Waals surface area contributed by atoms with E-state index in [9.17, 15) is 0 Å². The summed E-state index contributed by atoms with van der Waals surface area (Å²) in [6.45, 7) is 5.85. The van der Waals surface area contributed by atoms with E-state index in [0.29, 0.717) is 17.2 Å². The normalized spacial score (nSPS) is 11.5. The smallest absolute Gasteiger partial charge is 0.178 e. The molecular weight excluding hydrogens is 436 g/mol. The molecule has 172 valence electrons. The van der Waals surface area contributed by atoms with Crippen molar-refractivity contribution in [3.05, 3.63) is 78.2 Å². The number of pyridine rings is 3. The maximum absolute atomic E-state index is 4.93. The Balaban J connectivity index is 1.44. The summed E-state index contributed by atoms with van der Waals surface area (Å²) in [5, 5.41) is 11.0. The SMILES string of the molecule is CCNCc1cncc(-c2ccc3[nH]nc(-c4nc5nccc(-c6cccc(C)c6)c5[nH]4)c3n2)c1. The third-order valence-corrected chi connectivity index (χ3v) is 6.02. The highest BCUT2D eigenvalue weighted by atomic mass is 15.2. The Kier molecular flexibility index (Phi) is 5.27. The van der Waals surface area contributed by atoms with Crippen LogP contribution in [0.15, 0.2) is 67.1 Å². The fourth-order valence-corrected chi connectivity index (χ4v) is 4.29. The number of imidazole rings is 1.